The van der Waals surface area contributed by atoms with E-state index in [1.165, 1.54) is 12.1 Å². The Kier molecular flexibility index (Phi) is 7.50. The first-order chi connectivity index (χ1) is 7.78. The quantitative estimate of drug-likeness (QED) is 0.644. The highest BCUT2D eigenvalue weighted by Gasteiger charge is 2.41. The van der Waals surface area contributed by atoms with Gasteiger partial charge in [-0.3, -0.25) is 0 Å². The predicted molar refractivity (Wildman–Crippen MR) is 84.4 cm³/mol. The van der Waals surface area contributed by atoms with Crippen LogP contribution in [-0.4, -0.2) is 74.1 Å². The van der Waals surface area contributed by atoms with Crippen LogP contribution in [0.4, 0.5) is 0 Å². The molecular formula is C12H31N3Si2. The molecule has 0 saturated heterocycles. The Labute approximate surface area is 112 Å². The van der Waals surface area contributed by atoms with Crippen LogP contribution >= 0.6 is 0 Å². The summed E-state index contributed by atoms with van der Waals surface area (Å²) in [6, 6.07) is 2.76. The highest BCUT2D eigenvalue weighted by Crippen LogP contribution is 2.20. The average Bonchev–Trinajstić information content (AvgIpc) is 2.22. The molecule has 0 aromatic rings. The first kappa shape index (κ1) is 17.1. The van der Waals surface area contributed by atoms with E-state index in [4.69, 9.17) is 0 Å². The van der Waals surface area contributed by atoms with E-state index in [0.29, 0.717) is 0 Å². The Bertz CT molecular complexity index is 228. The molecule has 0 N–H and O–H groups in total. The zero-order valence-corrected chi connectivity index (χ0v) is 15.5. The molecule has 17 heavy (non-hydrogen) atoms. The lowest BCUT2D eigenvalue weighted by Crippen LogP contribution is -2.69. The summed E-state index contributed by atoms with van der Waals surface area (Å²) in [4.78, 5) is 0. The minimum Gasteiger partial charge on any atom is -0.305 e. The van der Waals surface area contributed by atoms with Crippen molar-refractivity contribution in [3.05, 3.63) is 11.3 Å². The molecule has 5 heteroatoms. The Hall–Kier alpha value is 0.0538. The Morgan fingerprint density at radius 3 is 1.71 bits per heavy atom. The molecule has 0 aromatic heterocycles. The third kappa shape index (κ3) is 4.33. The van der Waals surface area contributed by atoms with Crippen LogP contribution in [0.15, 0.2) is 11.3 Å². The molecular weight excluding hydrogens is 242 g/mol. The van der Waals surface area contributed by atoms with E-state index in [1.54, 1.807) is 5.20 Å². The lowest BCUT2D eigenvalue weighted by atomic mass is 10.6. The van der Waals surface area contributed by atoms with Crippen molar-refractivity contribution in [2.45, 2.75) is 25.9 Å². The highest BCUT2D eigenvalue weighted by molar-refractivity contribution is 6.72. The molecule has 0 aliphatic carbocycles. The van der Waals surface area contributed by atoms with Gasteiger partial charge >= 0.3 is 0 Å². The van der Waals surface area contributed by atoms with Crippen molar-refractivity contribution in [2.24, 2.45) is 0 Å². The topological polar surface area (TPSA) is 9.72 Å². The van der Waals surface area contributed by atoms with E-state index in [1.807, 2.05) is 0 Å². The van der Waals surface area contributed by atoms with Gasteiger partial charge in [0.25, 0.3) is 8.56 Å². The summed E-state index contributed by atoms with van der Waals surface area (Å²) in [5, 5.41) is 1.64. The fraction of sp³-hybridized carbons (Fsp3) is 0.833. The van der Waals surface area contributed by atoms with Crippen molar-refractivity contribution in [1.29, 1.82) is 0 Å². The van der Waals surface area contributed by atoms with Crippen LogP contribution in [0.3, 0.4) is 0 Å². The number of allylic oxidation sites excluding steroid dienone is 2. The largest absolute Gasteiger partial charge is 0.305 e. The molecule has 0 spiro atoms. The maximum absolute atomic E-state index is 2.46. The van der Waals surface area contributed by atoms with Gasteiger partial charge in [0, 0.05) is 9.52 Å². The van der Waals surface area contributed by atoms with Crippen LogP contribution in [-0.2, 0) is 0 Å². The molecule has 0 atom stereocenters. The molecule has 102 valence electrons. The van der Waals surface area contributed by atoms with Gasteiger partial charge in [-0.2, -0.15) is 0 Å². The van der Waals surface area contributed by atoms with Crippen LogP contribution in [0.25, 0.3) is 0 Å². The molecule has 0 amide bonds. The molecule has 0 bridgehead atoms. The van der Waals surface area contributed by atoms with Crippen molar-refractivity contribution in [3.8, 4) is 0 Å². The van der Waals surface area contributed by atoms with Crippen molar-refractivity contribution in [3.63, 3.8) is 0 Å². The van der Waals surface area contributed by atoms with Crippen LogP contribution in [0.5, 0.6) is 0 Å². The highest BCUT2D eigenvalue weighted by atomic mass is 28.4. The predicted octanol–water partition coefficient (Wildman–Crippen LogP) is 1.12. The normalized spacial score (nSPS) is 14.9. The van der Waals surface area contributed by atoms with E-state index in [2.05, 4.69) is 75.9 Å². The second-order valence-electron chi connectivity index (χ2n) is 5.45. The Morgan fingerprint density at radius 2 is 1.41 bits per heavy atom. The summed E-state index contributed by atoms with van der Waals surface area (Å²) in [5.41, 5.74) is 0. The second kappa shape index (κ2) is 7.48. The Balaban J connectivity index is 4.71. The van der Waals surface area contributed by atoms with Gasteiger partial charge in [-0.05, 0) is 62.2 Å². The average molecular weight is 274 g/mol. The number of rotatable bonds is 7. The first-order valence-electron chi connectivity index (χ1n) is 6.43. The summed E-state index contributed by atoms with van der Waals surface area (Å²) in [7, 11) is 11.8. The van der Waals surface area contributed by atoms with Crippen LogP contribution in [0, 0.1) is 0 Å². The molecule has 0 aliphatic heterocycles. The van der Waals surface area contributed by atoms with Gasteiger partial charge in [-0.25, -0.2) is 0 Å². The molecule has 3 nitrogen and oxygen atoms in total. The summed E-state index contributed by atoms with van der Waals surface area (Å²) in [5.74, 6) is 0. The third-order valence-corrected chi connectivity index (χ3v) is 11.7. The molecule has 0 rings (SSSR count). The smallest absolute Gasteiger partial charge is 0.287 e. The molecule has 0 heterocycles. The summed E-state index contributed by atoms with van der Waals surface area (Å²) >= 11 is 0. The third-order valence-electron chi connectivity index (χ3n) is 3.72. The van der Waals surface area contributed by atoms with Gasteiger partial charge in [0.15, 0.2) is 0 Å². The van der Waals surface area contributed by atoms with Crippen LogP contribution in [0.1, 0.15) is 13.8 Å². The minimum atomic E-state index is -1.60. The van der Waals surface area contributed by atoms with Gasteiger partial charge in [0.2, 0.25) is 0 Å². The van der Waals surface area contributed by atoms with E-state index < -0.39 is 8.56 Å². The van der Waals surface area contributed by atoms with E-state index in [9.17, 15) is 0 Å². The molecule has 0 radical (unpaired) electrons. The van der Waals surface area contributed by atoms with Gasteiger partial charge in [-0.15, -0.1) is 0 Å². The summed E-state index contributed by atoms with van der Waals surface area (Å²) < 4.78 is 7.39. The Morgan fingerprint density at radius 1 is 1.00 bits per heavy atom. The van der Waals surface area contributed by atoms with E-state index in [-0.39, 0.29) is 9.52 Å². The van der Waals surface area contributed by atoms with Crippen molar-refractivity contribution < 1.29 is 0 Å². The van der Waals surface area contributed by atoms with Crippen LogP contribution in [0.2, 0.25) is 12.1 Å². The monoisotopic (exact) mass is 273 g/mol. The first-order valence-corrected chi connectivity index (χ1v) is 10.2. The zero-order valence-electron chi connectivity index (χ0n) is 13.0. The van der Waals surface area contributed by atoms with Gasteiger partial charge in [-0.1, -0.05) is 17.3 Å². The second-order valence-corrected chi connectivity index (χ2v) is 12.5. The molecule has 0 aliphatic rings. The van der Waals surface area contributed by atoms with Gasteiger partial charge in [0.05, 0.1) is 0 Å². The van der Waals surface area contributed by atoms with Crippen molar-refractivity contribution in [2.75, 3.05) is 42.3 Å². The number of hydrogen-bond donors (Lipinski definition) is 0. The van der Waals surface area contributed by atoms with E-state index in [0.717, 1.165) is 0 Å². The fourth-order valence-electron chi connectivity index (χ4n) is 2.62. The molecule has 0 unspecified atom stereocenters. The van der Waals surface area contributed by atoms with Gasteiger partial charge in [0.1, 0.15) is 0 Å². The summed E-state index contributed by atoms with van der Waals surface area (Å²) in [6.07, 6.45) is 2.29. The van der Waals surface area contributed by atoms with Crippen molar-refractivity contribution >= 4 is 18.1 Å². The maximum Gasteiger partial charge on any atom is 0.287 e. The maximum atomic E-state index is 2.46. The summed E-state index contributed by atoms with van der Waals surface area (Å²) in [6.45, 7) is 4.45. The molecule has 0 aromatic carbocycles. The van der Waals surface area contributed by atoms with Crippen LogP contribution < -0.4 is 0 Å². The standard InChI is InChI=1S/C12H31N3Si2/c1-9-12(2)16-10-11-17(13(3)4,14(5)6)15(7)8/h9H,10-11,16H2,1-8H3. The number of hydrogen-bond acceptors (Lipinski definition) is 3. The lowest BCUT2D eigenvalue weighted by Gasteiger charge is -2.46. The fourth-order valence-corrected chi connectivity index (χ4v) is 9.81. The lowest BCUT2D eigenvalue weighted by molar-refractivity contribution is 0.378. The minimum absolute atomic E-state index is 0.0242. The zero-order chi connectivity index (χ0) is 13.6. The van der Waals surface area contributed by atoms with Gasteiger partial charge < -0.3 is 13.7 Å². The molecule has 0 fully saturated rings. The SMILES string of the molecule is CC=C(C)[SiH2]CC[Si](N(C)C)(N(C)C)N(C)C. The van der Waals surface area contributed by atoms with Crippen molar-refractivity contribution in [1.82, 2.24) is 13.7 Å². The number of nitrogens with zero attached hydrogens (tertiary/aromatic N) is 3. The van der Waals surface area contributed by atoms with E-state index >= 15 is 0 Å². The molecule has 0 saturated carbocycles.